The van der Waals surface area contributed by atoms with Gasteiger partial charge in [-0.25, -0.2) is 14.8 Å². The van der Waals surface area contributed by atoms with Gasteiger partial charge in [0, 0.05) is 6.54 Å². The van der Waals surface area contributed by atoms with E-state index in [0.29, 0.717) is 24.5 Å². The van der Waals surface area contributed by atoms with Gasteiger partial charge >= 0.3 is 6.09 Å². The lowest BCUT2D eigenvalue weighted by Gasteiger charge is -2.39. The second-order valence-electron chi connectivity index (χ2n) is 9.80. The number of nitrogens with zero attached hydrogens (tertiary/aromatic N) is 5. The standard InChI is InChI=1S/C20H33N5O3Si/c1-19(2,3)27-18(26)25-12-15(28-29(7,8)20(4,5)6)16-17(23-14-25)24(13-22-16)11-9-10-21/h13-15H,9,11-12H2,1-8H3/t15-/m1/s1. The number of aryl methyl sites for hydroxylation is 1. The van der Waals surface area contributed by atoms with Crippen molar-refractivity contribution in [2.45, 2.75) is 84.3 Å². The predicted octanol–water partition coefficient (Wildman–Crippen LogP) is 4.77. The van der Waals surface area contributed by atoms with Crippen LogP contribution in [0.4, 0.5) is 10.6 Å². The molecular weight excluding hydrogens is 386 g/mol. The molecule has 0 saturated heterocycles. The van der Waals surface area contributed by atoms with Gasteiger partial charge < -0.3 is 13.7 Å². The number of aliphatic imine (C=N–C) groups is 1. The molecule has 8 nitrogen and oxygen atoms in total. The molecule has 0 spiro atoms. The van der Waals surface area contributed by atoms with Crippen molar-refractivity contribution in [3.05, 3.63) is 12.0 Å². The number of carbonyl (C=O) groups excluding carboxylic acids is 1. The Hall–Kier alpha value is -2.18. The highest BCUT2D eigenvalue weighted by molar-refractivity contribution is 6.74. The maximum atomic E-state index is 12.7. The molecule has 9 heteroatoms. The van der Waals surface area contributed by atoms with Gasteiger partial charge in [-0.2, -0.15) is 5.26 Å². The van der Waals surface area contributed by atoms with Gasteiger partial charge in [0.2, 0.25) is 0 Å². The minimum Gasteiger partial charge on any atom is -0.443 e. The van der Waals surface area contributed by atoms with Crippen molar-refractivity contribution in [2.24, 2.45) is 4.99 Å². The summed E-state index contributed by atoms with van der Waals surface area (Å²) in [6.07, 6.45) is 2.61. The second-order valence-corrected chi connectivity index (χ2v) is 14.6. The Bertz CT molecular complexity index is 812. The number of rotatable bonds is 4. The zero-order valence-corrected chi connectivity index (χ0v) is 19.8. The summed E-state index contributed by atoms with van der Waals surface area (Å²) < 4.78 is 14.0. The Morgan fingerprint density at radius 1 is 1.31 bits per heavy atom. The Morgan fingerprint density at radius 2 is 1.97 bits per heavy atom. The van der Waals surface area contributed by atoms with Crippen LogP contribution in [0.15, 0.2) is 11.3 Å². The van der Waals surface area contributed by atoms with Crippen LogP contribution in [-0.4, -0.2) is 47.3 Å². The van der Waals surface area contributed by atoms with Crippen LogP contribution in [0.1, 0.15) is 59.8 Å². The first kappa shape index (κ1) is 23.1. The normalized spacial score (nSPS) is 17.5. The highest BCUT2D eigenvalue weighted by atomic mass is 28.4. The number of imidazole rings is 1. The molecule has 1 amide bonds. The quantitative estimate of drug-likeness (QED) is 0.655. The van der Waals surface area contributed by atoms with E-state index in [-0.39, 0.29) is 11.6 Å². The SMILES string of the molecule is CC(C)(C)OC(=O)N1C=Nc2c(ncn2CCC#N)[C@H](O[Si](C)(C)C(C)(C)C)C1. The lowest BCUT2D eigenvalue weighted by Crippen LogP contribution is -2.45. The average molecular weight is 420 g/mol. The maximum absolute atomic E-state index is 12.7. The first-order valence-corrected chi connectivity index (χ1v) is 12.8. The summed E-state index contributed by atoms with van der Waals surface area (Å²) in [6.45, 7) is 17.1. The van der Waals surface area contributed by atoms with Gasteiger partial charge in [0.1, 0.15) is 23.7 Å². The summed E-state index contributed by atoms with van der Waals surface area (Å²) in [5, 5.41) is 8.93. The molecule has 1 aliphatic rings. The molecule has 0 saturated carbocycles. The van der Waals surface area contributed by atoms with Crippen LogP contribution in [0.5, 0.6) is 0 Å². The van der Waals surface area contributed by atoms with Crippen molar-refractivity contribution in [3.63, 3.8) is 0 Å². The van der Waals surface area contributed by atoms with Crippen molar-refractivity contribution in [1.29, 1.82) is 5.26 Å². The van der Waals surface area contributed by atoms with Crippen molar-refractivity contribution in [1.82, 2.24) is 14.5 Å². The van der Waals surface area contributed by atoms with Crippen LogP contribution in [-0.2, 0) is 15.7 Å². The summed E-state index contributed by atoms with van der Waals surface area (Å²) in [6, 6.07) is 2.14. The second kappa shape index (κ2) is 8.28. The van der Waals surface area contributed by atoms with Gasteiger partial charge in [0.25, 0.3) is 0 Å². The third-order valence-electron chi connectivity index (χ3n) is 5.16. The van der Waals surface area contributed by atoms with Crippen LogP contribution in [0.25, 0.3) is 0 Å². The summed E-state index contributed by atoms with van der Waals surface area (Å²) in [5.74, 6) is 0.620. The number of ether oxygens (including phenoxy) is 1. The number of amides is 1. The third-order valence-corrected chi connectivity index (χ3v) is 9.65. The zero-order valence-electron chi connectivity index (χ0n) is 18.8. The molecule has 29 heavy (non-hydrogen) atoms. The number of carbonyl (C=O) groups is 1. The highest BCUT2D eigenvalue weighted by Crippen LogP contribution is 2.41. The van der Waals surface area contributed by atoms with E-state index in [0.717, 1.165) is 0 Å². The van der Waals surface area contributed by atoms with E-state index in [4.69, 9.17) is 14.4 Å². The number of aromatic nitrogens is 2. The van der Waals surface area contributed by atoms with Crippen LogP contribution < -0.4 is 0 Å². The minimum absolute atomic E-state index is 0.000444. The van der Waals surface area contributed by atoms with Crippen molar-refractivity contribution in [2.75, 3.05) is 6.54 Å². The third kappa shape index (κ3) is 5.67. The topological polar surface area (TPSA) is 92.7 Å². The monoisotopic (exact) mass is 419 g/mol. The van der Waals surface area contributed by atoms with Crippen LogP contribution in [0.2, 0.25) is 18.1 Å². The van der Waals surface area contributed by atoms with Crippen LogP contribution in [0.3, 0.4) is 0 Å². The zero-order chi connectivity index (χ0) is 22.0. The molecule has 0 N–H and O–H groups in total. The first-order chi connectivity index (χ1) is 13.2. The molecule has 1 aliphatic heterocycles. The van der Waals surface area contributed by atoms with E-state index in [2.05, 4.69) is 49.9 Å². The molecule has 0 bridgehead atoms. The Morgan fingerprint density at radius 3 is 2.52 bits per heavy atom. The molecule has 0 aromatic carbocycles. The molecule has 0 aliphatic carbocycles. The lowest BCUT2D eigenvalue weighted by molar-refractivity contribution is 0.0313. The largest absolute Gasteiger partial charge is 0.443 e. The van der Waals surface area contributed by atoms with Crippen LogP contribution >= 0.6 is 0 Å². The molecule has 2 rings (SSSR count). The van der Waals surface area contributed by atoms with Gasteiger partial charge in [-0.15, -0.1) is 0 Å². The van der Waals surface area contributed by atoms with E-state index >= 15 is 0 Å². The number of fused-ring (bicyclic) bond motifs is 1. The van der Waals surface area contributed by atoms with E-state index in [1.54, 1.807) is 6.33 Å². The first-order valence-electron chi connectivity index (χ1n) is 9.89. The molecule has 1 aromatic rings. The van der Waals surface area contributed by atoms with Crippen LogP contribution in [0, 0.1) is 11.3 Å². The fourth-order valence-corrected chi connectivity index (χ4v) is 3.85. The summed E-state index contributed by atoms with van der Waals surface area (Å²) in [4.78, 5) is 23.2. The van der Waals surface area contributed by atoms with E-state index < -0.39 is 26.1 Å². The smallest absolute Gasteiger partial charge is 0.415 e. The fourth-order valence-electron chi connectivity index (χ4n) is 2.60. The molecule has 0 unspecified atom stereocenters. The van der Waals surface area contributed by atoms with E-state index in [1.165, 1.54) is 11.2 Å². The minimum atomic E-state index is -2.15. The van der Waals surface area contributed by atoms with E-state index in [9.17, 15) is 4.79 Å². The van der Waals surface area contributed by atoms with Gasteiger partial charge in [-0.3, -0.25) is 4.90 Å². The Labute approximate surface area is 174 Å². The van der Waals surface area contributed by atoms with Gasteiger partial charge in [-0.1, -0.05) is 20.8 Å². The van der Waals surface area contributed by atoms with Gasteiger partial charge in [0.15, 0.2) is 14.1 Å². The average Bonchev–Trinajstić information content (AvgIpc) is 2.86. The molecule has 0 radical (unpaired) electrons. The lowest BCUT2D eigenvalue weighted by atomic mass is 10.2. The van der Waals surface area contributed by atoms with Crippen molar-refractivity contribution < 1.29 is 14.0 Å². The van der Waals surface area contributed by atoms with E-state index in [1.807, 2.05) is 25.3 Å². The Kier molecular flexibility index (Phi) is 6.60. The predicted molar refractivity (Wildman–Crippen MR) is 115 cm³/mol. The maximum Gasteiger partial charge on any atom is 0.415 e. The van der Waals surface area contributed by atoms with Crippen molar-refractivity contribution >= 4 is 26.6 Å². The highest BCUT2D eigenvalue weighted by Gasteiger charge is 2.42. The molecule has 0 fully saturated rings. The number of nitriles is 1. The number of hydrogen-bond donors (Lipinski definition) is 0. The molecule has 2 heterocycles. The summed E-state index contributed by atoms with van der Waals surface area (Å²) in [5.41, 5.74) is 0.0789. The fraction of sp³-hybridized carbons (Fsp3) is 0.700. The van der Waals surface area contributed by atoms with Crippen molar-refractivity contribution in [3.8, 4) is 6.07 Å². The summed E-state index contributed by atoms with van der Waals surface area (Å²) in [7, 11) is -2.15. The number of hydrogen-bond acceptors (Lipinski definition) is 6. The van der Waals surface area contributed by atoms with Gasteiger partial charge in [0.05, 0.1) is 25.4 Å². The molecule has 1 aromatic heterocycles. The molecular formula is C20H33N5O3Si. The Balaban J connectivity index is 2.41. The molecule has 160 valence electrons. The summed E-state index contributed by atoms with van der Waals surface area (Å²) >= 11 is 0. The van der Waals surface area contributed by atoms with Gasteiger partial charge in [-0.05, 0) is 38.9 Å². The molecule has 1 atom stereocenters.